The Morgan fingerprint density at radius 1 is 1.17 bits per heavy atom. The maximum Gasteiger partial charge on any atom is 0.318 e. The fraction of sp³-hybridized carbons (Fsp3) is 0.500. The number of halogens is 1. The first-order valence-corrected chi connectivity index (χ1v) is 17.0. The van der Waals surface area contributed by atoms with Crippen molar-refractivity contribution >= 4 is 39.8 Å². The molecule has 9 nitrogen and oxygen atoms in total. The molecule has 46 heavy (non-hydrogen) atoms. The second kappa shape index (κ2) is 12.7. The lowest BCUT2D eigenvalue weighted by molar-refractivity contribution is -0.128. The molecule has 0 radical (unpaired) electrons. The van der Waals surface area contributed by atoms with Gasteiger partial charge in [0.15, 0.2) is 0 Å². The summed E-state index contributed by atoms with van der Waals surface area (Å²) in [6, 6.07) is 15.4. The normalized spacial score (nSPS) is 21.8. The zero-order valence-electron chi connectivity index (χ0n) is 26.6. The summed E-state index contributed by atoms with van der Waals surface area (Å²) < 4.78 is 6.32. The highest BCUT2D eigenvalue weighted by Crippen LogP contribution is 2.58. The van der Waals surface area contributed by atoms with E-state index in [1.807, 2.05) is 12.1 Å². The monoisotopic (exact) mass is 639 g/mol. The molecule has 3 aromatic rings. The summed E-state index contributed by atoms with van der Waals surface area (Å²) in [5.74, 6) is 0.709. The van der Waals surface area contributed by atoms with Crippen LogP contribution in [0.25, 0.3) is 10.8 Å². The lowest BCUT2D eigenvalue weighted by Crippen LogP contribution is -2.55. The van der Waals surface area contributed by atoms with Gasteiger partial charge in [0, 0.05) is 55.4 Å². The van der Waals surface area contributed by atoms with Gasteiger partial charge in [-0.1, -0.05) is 42.4 Å². The molecular weight excluding hydrogens is 598 g/mol. The van der Waals surface area contributed by atoms with Crippen LogP contribution in [-0.4, -0.2) is 84.1 Å². The average Bonchev–Trinajstić information content (AvgIpc) is 3.71. The number of aromatic nitrogens is 2. The fourth-order valence-corrected chi connectivity index (χ4v) is 8.12. The van der Waals surface area contributed by atoms with Gasteiger partial charge in [-0.25, -0.2) is 0 Å². The van der Waals surface area contributed by atoms with Gasteiger partial charge < -0.3 is 24.3 Å². The highest BCUT2D eigenvalue weighted by atomic mass is 35.5. The predicted molar refractivity (Wildman–Crippen MR) is 181 cm³/mol. The zero-order chi connectivity index (χ0) is 31.8. The Bertz CT molecular complexity index is 1680. The molecular formula is C36H42ClN7O2. The first kappa shape index (κ1) is 30.8. The molecule has 1 saturated heterocycles. The molecule has 1 aromatic heterocycles. The fourth-order valence-electron chi connectivity index (χ4n) is 7.84. The molecule has 0 N–H and O–H groups in total. The third kappa shape index (κ3) is 6.01. The summed E-state index contributed by atoms with van der Waals surface area (Å²) in [6.45, 7) is 8.03. The zero-order valence-corrected chi connectivity index (χ0v) is 27.4. The van der Waals surface area contributed by atoms with Crippen molar-refractivity contribution in [3.63, 3.8) is 0 Å². The van der Waals surface area contributed by atoms with Crippen LogP contribution < -0.4 is 14.5 Å². The van der Waals surface area contributed by atoms with Crippen molar-refractivity contribution in [1.29, 1.82) is 5.26 Å². The van der Waals surface area contributed by atoms with Crippen molar-refractivity contribution in [2.45, 2.75) is 63.6 Å². The Hall–Kier alpha value is -3.87. The Balaban J connectivity index is 1.16. The number of nitriles is 1. The molecule has 1 amide bonds. The summed E-state index contributed by atoms with van der Waals surface area (Å²) >= 11 is 6.73. The van der Waals surface area contributed by atoms with Crippen molar-refractivity contribution in [3.05, 3.63) is 65.3 Å². The van der Waals surface area contributed by atoms with Crippen LogP contribution in [0.4, 0.5) is 11.5 Å². The first-order valence-electron chi connectivity index (χ1n) is 16.6. The molecule has 0 bridgehead atoms. The standard InChI is InChI=1S/C36H42ClN7O2/c1-3-32(45)44-19-18-43(23-27(44)11-16-38)34-28-12-17-42(31-9-5-7-25-6-4-8-29(37)33(25)31)24-30(28)39-35(40-34)46-21-20-41(2)26-10-13-36(22-26)14-15-36/h3-9,26-27H,1,10-15,17-24H2,2H3/t26?,27-/m0/s1. The van der Waals surface area contributed by atoms with Gasteiger partial charge in [-0.15, -0.1) is 0 Å². The molecule has 2 aromatic carbocycles. The number of fused-ring (bicyclic) bond motifs is 2. The third-order valence-corrected chi connectivity index (χ3v) is 11.0. The molecule has 3 heterocycles. The minimum absolute atomic E-state index is 0.142. The van der Waals surface area contributed by atoms with Gasteiger partial charge >= 0.3 is 6.01 Å². The van der Waals surface area contributed by atoms with Crippen molar-refractivity contribution in [2.75, 3.05) is 56.2 Å². The van der Waals surface area contributed by atoms with Crippen LogP contribution in [-0.2, 0) is 17.8 Å². The van der Waals surface area contributed by atoms with Crippen LogP contribution in [0.3, 0.4) is 0 Å². The molecule has 2 aliphatic carbocycles. The van der Waals surface area contributed by atoms with E-state index in [4.69, 9.17) is 26.3 Å². The number of piperazine rings is 1. The van der Waals surface area contributed by atoms with Crippen molar-refractivity contribution in [1.82, 2.24) is 19.8 Å². The Labute approximate surface area is 276 Å². The molecule has 7 rings (SSSR count). The van der Waals surface area contributed by atoms with E-state index in [1.165, 1.54) is 38.2 Å². The third-order valence-electron chi connectivity index (χ3n) is 10.7. The molecule has 1 spiro atoms. The molecule has 1 unspecified atom stereocenters. The number of carbonyl (C=O) groups excluding carboxylic acids is 1. The smallest absolute Gasteiger partial charge is 0.318 e. The predicted octanol–water partition coefficient (Wildman–Crippen LogP) is 5.61. The number of likely N-dealkylation sites (N-methyl/N-ethyl adjacent to an activating group) is 1. The molecule has 3 fully saturated rings. The van der Waals surface area contributed by atoms with Gasteiger partial charge in [-0.05, 0) is 74.6 Å². The molecule has 4 aliphatic rings. The quantitative estimate of drug-likeness (QED) is 0.280. The maximum absolute atomic E-state index is 12.6. The molecule has 10 heteroatoms. The number of anilines is 2. The highest BCUT2D eigenvalue weighted by Gasteiger charge is 2.48. The maximum atomic E-state index is 12.6. The van der Waals surface area contributed by atoms with E-state index < -0.39 is 0 Å². The van der Waals surface area contributed by atoms with Gasteiger partial charge in [0.25, 0.3) is 0 Å². The SMILES string of the molecule is C=CC(=O)N1CCN(c2nc(OCCN(C)C3CCC4(CC4)C3)nc3c2CCN(c2cccc4cccc(Cl)c24)C3)C[C@@H]1CC#N. The number of hydrogen-bond donors (Lipinski definition) is 0. The summed E-state index contributed by atoms with van der Waals surface area (Å²) in [6.07, 6.45) is 9.07. The van der Waals surface area contributed by atoms with Crippen LogP contribution >= 0.6 is 11.6 Å². The Kier molecular flexibility index (Phi) is 8.51. The summed E-state index contributed by atoms with van der Waals surface area (Å²) in [5.41, 5.74) is 3.78. The first-order chi connectivity index (χ1) is 22.4. The lowest BCUT2D eigenvalue weighted by atomic mass is 10.0. The molecule has 2 atom stereocenters. The van der Waals surface area contributed by atoms with Gasteiger partial charge in [-0.3, -0.25) is 4.79 Å². The topological polar surface area (TPSA) is 88.8 Å². The number of ether oxygens (including phenoxy) is 1. The van der Waals surface area contributed by atoms with E-state index in [-0.39, 0.29) is 18.4 Å². The molecule has 240 valence electrons. The van der Waals surface area contributed by atoms with E-state index in [9.17, 15) is 10.1 Å². The second-order valence-corrected chi connectivity index (χ2v) is 13.9. The number of nitrogens with zero attached hydrogens (tertiary/aromatic N) is 7. The minimum atomic E-state index is -0.244. The summed E-state index contributed by atoms with van der Waals surface area (Å²) in [7, 11) is 2.21. The van der Waals surface area contributed by atoms with Gasteiger partial charge in [0.1, 0.15) is 12.4 Å². The van der Waals surface area contributed by atoms with Crippen LogP contribution in [0, 0.1) is 16.7 Å². The second-order valence-electron chi connectivity index (χ2n) is 13.5. The van der Waals surface area contributed by atoms with E-state index in [2.05, 4.69) is 58.7 Å². The van der Waals surface area contributed by atoms with Gasteiger partial charge in [0.05, 0.1) is 35.8 Å². The van der Waals surface area contributed by atoms with E-state index in [0.29, 0.717) is 50.3 Å². The number of amides is 1. The van der Waals surface area contributed by atoms with E-state index >= 15 is 0 Å². The highest BCUT2D eigenvalue weighted by molar-refractivity contribution is 6.36. The van der Waals surface area contributed by atoms with Crippen molar-refractivity contribution in [2.24, 2.45) is 5.41 Å². The van der Waals surface area contributed by atoms with Crippen LogP contribution in [0.5, 0.6) is 6.01 Å². The molecule has 2 aliphatic heterocycles. The Morgan fingerprint density at radius 2 is 2.00 bits per heavy atom. The average molecular weight is 640 g/mol. The summed E-state index contributed by atoms with van der Waals surface area (Å²) in [4.78, 5) is 31.4. The van der Waals surface area contributed by atoms with Crippen LogP contribution in [0.15, 0.2) is 49.1 Å². The number of carbonyl (C=O) groups is 1. The summed E-state index contributed by atoms with van der Waals surface area (Å²) in [5, 5.41) is 12.5. The van der Waals surface area contributed by atoms with Crippen molar-refractivity contribution < 1.29 is 9.53 Å². The number of hydrogen-bond acceptors (Lipinski definition) is 8. The van der Waals surface area contributed by atoms with Crippen LogP contribution in [0.1, 0.15) is 49.8 Å². The van der Waals surface area contributed by atoms with Gasteiger partial charge in [0.2, 0.25) is 5.91 Å². The van der Waals surface area contributed by atoms with Gasteiger partial charge in [-0.2, -0.15) is 15.2 Å². The largest absolute Gasteiger partial charge is 0.462 e. The number of rotatable bonds is 9. The minimum Gasteiger partial charge on any atom is -0.462 e. The molecule has 2 saturated carbocycles. The Morgan fingerprint density at radius 3 is 2.76 bits per heavy atom. The van der Waals surface area contributed by atoms with Crippen LogP contribution in [0.2, 0.25) is 5.02 Å². The lowest BCUT2D eigenvalue weighted by Gasteiger charge is -2.42. The van der Waals surface area contributed by atoms with E-state index in [1.54, 1.807) is 4.90 Å². The van der Waals surface area contributed by atoms with E-state index in [0.717, 1.165) is 58.1 Å². The van der Waals surface area contributed by atoms with Crippen molar-refractivity contribution in [3.8, 4) is 12.1 Å². The number of benzene rings is 2.